The second-order valence-corrected chi connectivity index (χ2v) is 4.36. The molecule has 2 aromatic rings. The van der Waals surface area contributed by atoms with Gasteiger partial charge in [-0.2, -0.15) is 0 Å². The first-order valence-corrected chi connectivity index (χ1v) is 6.50. The molecule has 22 heavy (non-hydrogen) atoms. The second kappa shape index (κ2) is 7.16. The van der Waals surface area contributed by atoms with Gasteiger partial charge in [-0.15, -0.1) is 0 Å². The fourth-order valence-electron chi connectivity index (χ4n) is 1.66. The predicted octanol–water partition coefficient (Wildman–Crippen LogP) is 1.48. The molecule has 1 heterocycles. The molecule has 0 saturated heterocycles. The number of hydrazine groups is 1. The van der Waals surface area contributed by atoms with Crippen LogP contribution in [0.2, 0.25) is 0 Å². The number of amides is 1. The minimum atomic E-state index is -0.432. The Hall–Kier alpha value is -2.96. The molecule has 0 atom stereocenters. The zero-order valence-electron chi connectivity index (χ0n) is 12.2. The minimum Gasteiger partial charge on any atom is -0.497 e. The summed E-state index contributed by atoms with van der Waals surface area (Å²) in [6, 6.07) is 8.23. The van der Waals surface area contributed by atoms with Crippen molar-refractivity contribution < 1.29 is 18.7 Å². The summed E-state index contributed by atoms with van der Waals surface area (Å²) in [5.74, 6) is 0.635. The fourth-order valence-corrected chi connectivity index (χ4v) is 1.66. The van der Waals surface area contributed by atoms with Crippen molar-refractivity contribution in [3.8, 4) is 11.5 Å². The van der Waals surface area contributed by atoms with Crippen molar-refractivity contribution in [2.75, 3.05) is 19.1 Å². The topological polar surface area (TPSA) is 89.8 Å². The highest BCUT2D eigenvalue weighted by Crippen LogP contribution is 2.14. The Kier molecular flexibility index (Phi) is 5.02. The van der Waals surface area contributed by atoms with Crippen LogP contribution in [0.3, 0.4) is 0 Å². The number of aryl methyl sites for hydroxylation is 1. The Labute approximate surface area is 126 Å². The lowest BCUT2D eigenvalue weighted by Gasteiger charge is -2.10. The maximum Gasteiger partial charge on any atom is 0.276 e. The van der Waals surface area contributed by atoms with Gasteiger partial charge >= 0.3 is 0 Å². The van der Waals surface area contributed by atoms with Gasteiger partial charge in [-0.05, 0) is 31.2 Å². The predicted molar refractivity (Wildman–Crippen MR) is 80.0 cm³/mol. The van der Waals surface area contributed by atoms with Crippen molar-refractivity contribution in [1.82, 2.24) is 5.43 Å². The molecule has 116 valence electrons. The van der Waals surface area contributed by atoms with Crippen LogP contribution < -0.4 is 25.8 Å². The van der Waals surface area contributed by atoms with Crippen molar-refractivity contribution in [3.63, 3.8) is 0 Å². The molecule has 2 rings (SSSR count). The standard InChI is InChI=1S/C15H16N2O5/c1-10-15(13(18)7-8-21-10)22-9-14(19)17-16-11-3-5-12(20-2)6-4-11/h3-8,16H,9H2,1-2H3,(H,17,19). The van der Waals surface area contributed by atoms with E-state index in [4.69, 9.17) is 13.9 Å². The Morgan fingerprint density at radius 1 is 1.23 bits per heavy atom. The van der Waals surface area contributed by atoms with Gasteiger partial charge in [-0.3, -0.25) is 20.4 Å². The van der Waals surface area contributed by atoms with Crippen molar-refractivity contribution in [2.45, 2.75) is 6.92 Å². The van der Waals surface area contributed by atoms with Crippen LogP contribution in [-0.2, 0) is 4.79 Å². The number of methoxy groups -OCH3 is 1. The average molecular weight is 304 g/mol. The van der Waals surface area contributed by atoms with E-state index in [1.54, 1.807) is 38.3 Å². The van der Waals surface area contributed by atoms with Gasteiger partial charge in [-0.25, -0.2) is 0 Å². The summed E-state index contributed by atoms with van der Waals surface area (Å²) in [6.45, 7) is 1.28. The van der Waals surface area contributed by atoms with E-state index in [1.807, 2.05) is 0 Å². The molecule has 1 aromatic heterocycles. The Morgan fingerprint density at radius 2 is 1.95 bits per heavy atom. The van der Waals surface area contributed by atoms with Crippen LogP contribution in [0.4, 0.5) is 5.69 Å². The Balaban J connectivity index is 1.84. The normalized spacial score (nSPS) is 9.91. The molecule has 0 fully saturated rings. The highest BCUT2D eigenvalue weighted by molar-refractivity contribution is 5.78. The van der Waals surface area contributed by atoms with E-state index in [-0.39, 0.29) is 17.8 Å². The highest BCUT2D eigenvalue weighted by atomic mass is 16.5. The van der Waals surface area contributed by atoms with E-state index in [0.29, 0.717) is 17.2 Å². The van der Waals surface area contributed by atoms with Gasteiger partial charge in [0.2, 0.25) is 11.2 Å². The van der Waals surface area contributed by atoms with Crippen molar-refractivity contribution >= 4 is 11.6 Å². The number of nitrogens with one attached hydrogen (secondary N) is 2. The van der Waals surface area contributed by atoms with Crippen LogP contribution in [0, 0.1) is 6.92 Å². The maximum absolute atomic E-state index is 11.7. The summed E-state index contributed by atoms with van der Waals surface area (Å²) in [4.78, 5) is 23.2. The minimum absolute atomic E-state index is 0.0297. The summed E-state index contributed by atoms with van der Waals surface area (Å²) in [5, 5.41) is 0. The first kappa shape index (κ1) is 15.4. The first-order valence-electron chi connectivity index (χ1n) is 6.50. The van der Waals surface area contributed by atoms with Crippen LogP contribution in [0.1, 0.15) is 5.76 Å². The van der Waals surface area contributed by atoms with Crippen molar-refractivity contribution in [1.29, 1.82) is 0 Å². The van der Waals surface area contributed by atoms with Crippen LogP contribution in [0.5, 0.6) is 11.5 Å². The molecule has 1 amide bonds. The van der Waals surface area contributed by atoms with Crippen LogP contribution in [0.15, 0.2) is 45.8 Å². The molecule has 7 heteroatoms. The summed E-state index contributed by atoms with van der Waals surface area (Å²) in [5.41, 5.74) is 5.53. The quantitative estimate of drug-likeness (QED) is 0.786. The van der Waals surface area contributed by atoms with Gasteiger partial charge in [0.25, 0.3) is 5.91 Å². The summed E-state index contributed by atoms with van der Waals surface area (Å²) in [6.07, 6.45) is 1.27. The zero-order valence-corrected chi connectivity index (χ0v) is 12.2. The number of hydrogen-bond acceptors (Lipinski definition) is 6. The Bertz CT molecular complexity index is 694. The number of rotatable bonds is 6. The lowest BCUT2D eigenvalue weighted by atomic mass is 10.3. The monoisotopic (exact) mass is 304 g/mol. The number of ether oxygens (including phenoxy) is 2. The molecule has 0 bridgehead atoms. The lowest BCUT2D eigenvalue weighted by Crippen LogP contribution is -2.34. The van der Waals surface area contributed by atoms with Gasteiger partial charge in [-0.1, -0.05) is 0 Å². The van der Waals surface area contributed by atoms with Crippen LogP contribution >= 0.6 is 0 Å². The van der Waals surface area contributed by atoms with E-state index in [0.717, 1.165) is 0 Å². The van der Waals surface area contributed by atoms with Gasteiger partial charge in [0.1, 0.15) is 11.5 Å². The van der Waals surface area contributed by atoms with Gasteiger partial charge in [0, 0.05) is 6.07 Å². The third-order valence-electron chi connectivity index (χ3n) is 2.79. The summed E-state index contributed by atoms with van der Waals surface area (Å²) >= 11 is 0. The molecule has 0 radical (unpaired) electrons. The number of anilines is 1. The molecule has 0 aliphatic heterocycles. The number of carbonyl (C=O) groups is 1. The third kappa shape index (κ3) is 4.02. The van der Waals surface area contributed by atoms with Crippen LogP contribution in [0.25, 0.3) is 0 Å². The highest BCUT2D eigenvalue weighted by Gasteiger charge is 2.09. The molecule has 1 aromatic carbocycles. The molecule has 0 unspecified atom stereocenters. The molecule has 0 saturated carbocycles. The van der Waals surface area contributed by atoms with Crippen molar-refractivity contribution in [3.05, 3.63) is 52.6 Å². The van der Waals surface area contributed by atoms with Crippen molar-refractivity contribution in [2.24, 2.45) is 0 Å². The first-order chi connectivity index (χ1) is 10.6. The molecule has 2 N–H and O–H groups in total. The van der Waals surface area contributed by atoms with Gasteiger partial charge < -0.3 is 13.9 Å². The third-order valence-corrected chi connectivity index (χ3v) is 2.79. The summed E-state index contributed by atoms with van der Waals surface area (Å²) < 4.78 is 15.2. The van der Waals surface area contributed by atoms with Crippen LogP contribution in [-0.4, -0.2) is 19.6 Å². The average Bonchev–Trinajstić information content (AvgIpc) is 2.53. The summed E-state index contributed by atoms with van der Waals surface area (Å²) in [7, 11) is 1.57. The van der Waals surface area contributed by atoms with E-state index in [1.165, 1.54) is 12.3 Å². The largest absolute Gasteiger partial charge is 0.497 e. The van der Waals surface area contributed by atoms with E-state index < -0.39 is 5.91 Å². The molecule has 0 aliphatic rings. The smallest absolute Gasteiger partial charge is 0.276 e. The lowest BCUT2D eigenvalue weighted by molar-refractivity contribution is -0.122. The second-order valence-electron chi connectivity index (χ2n) is 4.36. The SMILES string of the molecule is COc1ccc(NNC(=O)COc2c(C)occc2=O)cc1. The molecule has 7 nitrogen and oxygen atoms in total. The van der Waals surface area contributed by atoms with E-state index >= 15 is 0 Å². The van der Waals surface area contributed by atoms with E-state index in [9.17, 15) is 9.59 Å². The molecule has 0 spiro atoms. The Morgan fingerprint density at radius 3 is 2.59 bits per heavy atom. The van der Waals surface area contributed by atoms with Gasteiger partial charge in [0.15, 0.2) is 6.61 Å². The van der Waals surface area contributed by atoms with E-state index in [2.05, 4.69) is 10.9 Å². The maximum atomic E-state index is 11.7. The fraction of sp³-hybridized carbons (Fsp3) is 0.200. The van der Waals surface area contributed by atoms with Gasteiger partial charge in [0.05, 0.1) is 19.1 Å². The molecule has 0 aliphatic carbocycles. The molecular formula is C15H16N2O5. The number of carbonyl (C=O) groups excluding carboxylic acids is 1. The number of hydrogen-bond donors (Lipinski definition) is 2. The molecular weight excluding hydrogens is 288 g/mol. The zero-order chi connectivity index (χ0) is 15.9. The number of benzene rings is 1.